The normalized spacial score (nSPS) is 13.8. The van der Waals surface area contributed by atoms with Crippen LogP contribution in [0.3, 0.4) is 0 Å². The summed E-state index contributed by atoms with van der Waals surface area (Å²) < 4.78 is 69.7. The molecule has 1 unspecified atom stereocenters. The fraction of sp³-hybridized carbons (Fsp3) is 0.262. The minimum atomic E-state index is -2.28. The number of pyridine rings is 2. The van der Waals surface area contributed by atoms with Crippen LogP contribution in [0.5, 0.6) is 0 Å². The van der Waals surface area contributed by atoms with E-state index < -0.39 is 26.5 Å². The topological polar surface area (TPSA) is 100 Å². The summed E-state index contributed by atoms with van der Waals surface area (Å²) in [6.07, 6.45) is 3.64. The molecule has 0 fully saturated rings. The molecule has 2 heterocycles. The quantitative estimate of drug-likeness (QED) is 0.0804. The van der Waals surface area contributed by atoms with Crippen molar-refractivity contribution in [2.75, 3.05) is 0 Å². The van der Waals surface area contributed by atoms with Gasteiger partial charge in [-0.15, -0.1) is 69.8 Å². The molecule has 2 N–H and O–H groups in total. The molecule has 2 radical (unpaired) electrons. The number of aromatic nitrogens is 2. The van der Waals surface area contributed by atoms with Gasteiger partial charge >= 0.3 is 0 Å². The molecule has 2 aromatic heterocycles. The predicted molar refractivity (Wildman–Crippen MR) is 298 cm³/mol. The van der Waals surface area contributed by atoms with Gasteiger partial charge in [-0.25, -0.2) is 0 Å². The molecule has 384 valence electrons. The minimum Gasteiger partial charge on any atom is -0.512 e. The first-order valence-corrected chi connectivity index (χ1v) is 23.6. The second-order valence-corrected chi connectivity index (χ2v) is 18.5. The van der Waals surface area contributed by atoms with E-state index in [1.54, 1.807) is 25.1 Å². The van der Waals surface area contributed by atoms with Crippen LogP contribution in [0.1, 0.15) is 107 Å². The van der Waals surface area contributed by atoms with Crippen LogP contribution in [0.4, 0.5) is 0 Å². The summed E-state index contributed by atoms with van der Waals surface area (Å²) in [6.45, 7) is 11.4. The summed E-state index contributed by atoms with van der Waals surface area (Å²) in [7, 11) is 0. The van der Waals surface area contributed by atoms with Gasteiger partial charge in [0.2, 0.25) is 0 Å². The van der Waals surface area contributed by atoms with Gasteiger partial charge in [-0.3, -0.25) is 19.6 Å². The monoisotopic (exact) mass is 1340 g/mol. The van der Waals surface area contributed by atoms with Crippen molar-refractivity contribution in [1.82, 2.24) is 9.97 Å². The molecule has 73 heavy (non-hydrogen) atoms. The maximum atomic E-state index is 10.0. The van der Waals surface area contributed by atoms with Gasteiger partial charge in [-0.2, -0.15) is 0 Å². The van der Waals surface area contributed by atoms with Crippen molar-refractivity contribution in [3.05, 3.63) is 202 Å². The van der Waals surface area contributed by atoms with Gasteiger partial charge in [-0.1, -0.05) is 140 Å². The zero-order valence-electron chi connectivity index (χ0n) is 52.1. The minimum absolute atomic E-state index is 0. The largest absolute Gasteiger partial charge is 0.512 e. The summed E-state index contributed by atoms with van der Waals surface area (Å²) in [5.41, 5.74) is 14.8. The smallest absolute Gasteiger partial charge is 0.155 e. The third kappa shape index (κ3) is 19.3. The van der Waals surface area contributed by atoms with Gasteiger partial charge in [0.25, 0.3) is 0 Å². The number of aliphatic hydroxyl groups excluding tert-OH is 2. The van der Waals surface area contributed by atoms with E-state index in [1.807, 2.05) is 73.7 Å². The van der Waals surface area contributed by atoms with Gasteiger partial charge in [0.05, 0.1) is 22.6 Å². The van der Waals surface area contributed by atoms with E-state index in [1.165, 1.54) is 51.0 Å². The molecule has 0 aliphatic heterocycles. The third-order valence-electron chi connectivity index (χ3n) is 10.8. The Kier molecular flexibility index (Phi) is 19.0. The molecule has 6 aromatic carbocycles. The van der Waals surface area contributed by atoms with E-state index >= 15 is 0 Å². The zero-order valence-corrected chi connectivity index (χ0v) is 47.9. The van der Waals surface area contributed by atoms with Gasteiger partial charge < -0.3 is 10.2 Å². The Balaban J connectivity index is 0.000000342. The Labute approximate surface area is 474 Å². The van der Waals surface area contributed by atoms with Crippen LogP contribution < -0.4 is 0 Å². The van der Waals surface area contributed by atoms with Gasteiger partial charge in [0.1, 0.15) is 0 Å². The Bertz CT molecular complexity index is 3480. The van der Waals surface area contributed by atoms with E-state index in [-0.39, 0.29) is 68.9 Å². The van der Waals surface area contributed by atoms with Crippen molar-refractivity contribution in [2.24, 2.45) is 11.8 Å². The number of carbonyl (C=O) groups excluding carboxylic acids is 2. The molecule has 0 amide bonds. The maximum Gasteiger partial charge on any atom is 0.155 e. The molecule has 0 bridgehead atoms. The molecular weight excluding hydrogens is 1260 g/mol. The molecule has 8 heteroatoms. The number of allylic oxidation sites excluding steroid dienone is 4. The van der Waals surface area contributed by atoms with Crippen molar-refractivity contribution < 1.29 is 72.3 Å². The number of hydrogen-bond donors (Lipinski definition) is 2. The molecule has 1 atom stereocenters. The van der Waals surface area contributed by atoms with E-state index in [9.17, 15) is 9.59 Å². The van der Waals surface area contributed by atoms with E-state index in [0.29, 0.717) is 29.2 Å². The summed E-state index contributed by atoms with van der Waals surface area (Å²) in [5, 5.41) is 18.8. The van der Waals surface area contributed by atoms with Crippen LogP contribution in [0, 0.1) is 58.4 Å². The first-order chi connectivity index (χ1) is 37.3. The summed E-state index contributed by atoms with van der Waals surface area (Å²) >= 11 is 0. The molecular formula is C65H70Ir2N2O4-2. The molecule has 8 rings (SSSR count). The summed E-state index contributed by atoms with van der Waals surface area (Å²) in [5.74, 6) is -0.162. The Hall–Kier alpha value is -6.14. The number of aryl methyl sites for hydroxylation is 5. The maximum absolute atomic E-state index is 10.0. The van der Waals surface area contributed by atoms with E-state index in [2.05, 4.69) is 82.3 Å². The SMILES string of the molecule is CC(=O)C=C(C)O.CC(=O)C=C(C)O.[2H]C([2H])([2H])c1[c-]c(-c2cc(CC(C)C([2H])([2H])[2H])c3cc(-c4ccccc4)ccc3n2)cc(C)c1.[2H]C([2H])([2H])c1ccc(-c2ccc3nc(-c4[c-]c(C)cc(C)c4)cc(CC(C)C)c3c2)cc1.[Ir].[Ir]. The van der Waals surface area contributed by atoms with Crippen molar-refractivity contribution in [3.8, 4) is 44.8 Å². The fourth-order valence-electron chi connectivity index (χ4n) is 8.10. The zero-order chi connectivity index (χ0) is 59.4. The van der Waals surface area contributed by atoms with Crippen molar-refractivity contribution in [3.63, 3.8) is 0 Å². The summed E-state index contributed by atoms with van der Waals surface area (Å²) in [6, 6.07) is 47.8. The summed E-state index contributed by atoms with van der Waals surface area (Å²) in [4.78, 5) is 29.8. The predicted octanol–water partition coefficient (Wildman–Crippen LogP) is 16.7. The fourth-order valence-corrected chi connectivity index (χ4v) is 8.10. The van der Waals surface area contributed by atoms with Crippen LogP contribution in [-0.2, 0) is 62.6 Å². The second kappa shape index (κ2) is 28.9. The molecule has 0 saturated heterocycles. The Morgan fingerprint density at radius 2 is 0.973 bits per heavy atom. The van der Waals surface area contributed by atoms with Gasteiger partial charge in [-0.05, 0) is 128 Å². The van der Waals surface area contributed by atoms with Crippen molar-refractivity contribution in [1.29, 1.82) is 0 Å². The first-order valence-electron chi connectivity index (χ1n) is 28.1. The van der Waals surface area contributed by atoms with Crippen LogP contribution in [0.25, 0.3) is 66.6 Å². The average molecular weight is 1340 g/mol. The van der Waals surface area contributed by atoms with E-state index in [4.69, 9.17) is 32.5 Å². The van der Waals surface area contributed by atoms with Crippen molar-refractivity contribution >= 4 is 33.4 Å². The number of aliphatic hydroxyl groups is 2. The van der Waals surface area contributed by atoms with Gasteiger partial charge in [0, 0.05) is 75.5 Å². The number of nitrogens with zero attached hydrogens (tertiary/aromatic N) is 2. The standard InChI is InChI=1S/C28H28N.C27H26N.2C5H8O2.2Ir/c1-18(2)12-24-17-28(25-14-20(4)13-21(5)15-25)29-27-11-10-23(16-26(24)27)22-8-6-19(3)7-9-22;1-18(2)12-23-17-27(24-14-19(3)13-20(4)15-24)28-26-11-10-22(16-25(23)26)21-8-6-5-7-9-21;2*1-4(6)3-5(2)7;;/h6-11,13-14,16-18H,12H2,1-5H3;5-11,13-14,16-18H,12H2,1-4H3;2*3,6H,1-2H3;;/q2*-1;;;;/i3D3;1D3,4D3;;;;. The second-order valence-electron chi connectivity index (χ2n) is 18.5. The number of ketones is 2. The third-order valence-corrected chi connectivity index (χ3v) is 10.8. The van der Waals surface area contributed by atoms with Crippen LogP contribution >= 0.6 is 0 Å². The number of fused-ring (bicyclic) bond motifs is 2. The number of rotatable bonds is 10. The number of hydrogen-bond acceptors (Lipinski definition) is 6. The average Bonchev–Trinajstić information content (AvgIpc) is 3.47. The molecule has 0 spiro atoms. The number of carbonyl (C=O) groups is 2. The molecule has 6 nitrogen and oxygen atoms in total. The number of benzene rings is 6. The van der Waals surface area contributed by atoms with Crippen molar-refractivity contribution in [2.45, 2.75) is 103 Å². The molecule has 0 aliphatic rings. The Morgan fingerprint density at radius 3 is 1.37 bits per heavy atom. The molecule has 8 aromatic rings. The molecule has 0 aliphatic carbocycles. The Morgan fingerprint density at radius 1 is 0.534 bits per heavy atom. The van der Waals surface area contributed by atoms with Crippen LogP contribution in [0.2, 0.25) is 0 Å². The molecule has 0 saturated carbocycles. The first kappa shape index (κ1) is 47.8. The van der Waals surface area contributed by atoms with E-state index in [0.717, 1.165) is 78.4 Å². The van der Waals surface area contributed by atoms with Gasteiger partial charge in [0.15, 0.2) is 11.6 Å². The van der Waals surface area contributed by atoms with Crippen LogP contribution in [0.15, 0.2) is 151 Å². The van der Waals surface area contributed by atoms with Crippen LogP contribution in [-0.4, -0.2) is 31.7 Å².